The van der Waals surface area contributed by atoms with Gasteiger partial charge in [0.1, 0.15) is 11.1 Å². The number of nitro groups is 2. The molecular weight excluding hydrogens is 511 g/mol. The number of carbonyl (C=O) groups excluding carboxylic acids is 2. The van der Waals surface area contributed by atoms with Gasteiger partial charge in [-0.25, -0.2) is 0 Å². The summed E-state index contributed by atoms with van der Waals surface area (Å²) in [5, 5.41) is 28.8. The van der Waals surface area contributed by atoms with Crippen molar-refractivity contribution in [2.45, 2.75) is 46.1 Å². The minimum Gasteiger partial charge on any atom is -0.351 e. The number of nitrogens with one attached hydrogen (secondary N) is 2. The molecule has 3 rings (SSSR count). The Balaban J connectivity index is 1.77. The van der Waals surface area contributed by atoms with Crippen molar-refractivity contribution in [2.75, 3.05) is 6.54 Å². The summed E-state index contributed by atoms with van der Waals surface area (Å²) in [7, 11) is 0. The monoisotopic (exact) mass is 536 g/mol. The van der Waals surface area contributed by atoms with Crippen LogP contribution in [-0.2, 0) is 0 Å². The normalized spacial score (nSPS) is 20.9. The fraction of sp³-hybridized carbons (Fsp3) is 0.417. The molecule has 0 saturated heterocycles. The van der Waals surface area contributed by atoms with Crippen LogP contribution in [0.25, 0.3) is 0 Å². The van der Waals surface area contributed by atoms with Gasteiger partial charge in [-0.3, -0.25) is 29.8 Å². The van der Waals surface area contributed by atoms with Crippen LogP contribution in [0.3, 0.4) is 0 Å². The van der Waals surface area contributed by atoms with Crippen LogP contribution in [0.4, 0.5) is 11.4 Å². The zero-order valence-corrected chi connectivity index (χ0v) is 21.5. The van der Waals surface area contributed by atoms with Crippen LogP contribution in [0.15, 0.2) is 36.4 Å². The highest BCUT2D eigenvalue weighted by Crippen LogP contribution is 2.46. The van der Waals surface area contributed by atoms with Crippen LogP contribution >= 0.6 is 23.2 Å². The summed E-state index contributed by atoms with van der Waals surface area (Å²) >= 11 is 11.9. The minimum atomic E-state index is -0.642. The average Bonchev–Trinajstić information content (AvgIpc) is 2.75. The smallest absolute Gasteiger partial charge is 0.282 e. The average molecular weight is 537 g/mol. The number of nitro benzene ring substituents is 2. The summed E-state index contributed by atoms with van der Waals surface area (Å²) < 4.78 is 0. The number of hydrogen-bond donors (Lipinski definition) is 2. The van der Waals surface area contributed by atoms with Gasteiger partial charge in [0, 0.05) is 34.8 Å². The molecule has 36 heavy (non-hydrogen) atoms. The third kappa shape index (κ3) is 6.50. The molecule has 0 aromatic heterocycles. The highest BCUT2D eigenvalue weighted by Gasteiger charge is 2.42. The lowest BCUT2D eigenvalue weighted by molar-refractivity contribution is -0.385. The molecule has 0 spiro atoms. The van der Waals surface area contributed by atoms with Gasteiger partial charge < -0.3 is 10.6 Å². The third-order valence-corrected chi connectivity index (χ3v) is 6.72. The Morgan fingerprint density at radius 2 is 1.42 bits per heavy atom. The van der Waals surface area contributed by atoms with E-state index in [4.69, 9.17) is 23.2 Å². The van der Waals surface area contributed by atoms with Crippen LogP contribution in [0.1, 0.15) is 60.7 Å². The van der Waals surface area contributed by atoms with Crippen molar-refractivity contribution in [1.82, 2.24) is 10.6 Å². The van der Waals surface area contributed by atoms with E-state index in [9.17, 15) is 29.8 Å². The SMILES string of the molecule is CC1(C)CC(NC(=O)c2cc(Cl)ccc2[N+](=O)[O-])CC(C)(CNC(=O)c2cc(Cl)ccc2[N+](=O)[O-])C1. The lowest BCUT2D eigenvalue weighted by atomic mass is 9.62. The summed E-state index contributed by atoms with van der Waals surface area (Å²) in [4.78, 5) is 47.2. The lowest BCUT2D eigenvalue weighted by Crippen LogP contribution is -2.50. The van der Waals surface area contributed by atoms with E-state index in [1.54, 1.807) is 0 Å². The molecule has 1 aliphatic rings. The van der Waals surface area contributed by atoms with Gasteiger partial charge in [-0.05, 0) is 54.4 Å². The molecule has 0 bridgehead atoms. The largest absolute Gasteiger partial charge is 0.351 e. The molecule has 0 radical (unpaired) electrons. The zero-order valence-electron chi connectivity index (χ0n) is 20.0. The second kappa shape index (κ2) is 10.4. The van der Waals surface area contributed by atoms with Gasteiger partial charge in [-0.1, -0.05) is 44.0 Å². The molecule has 1 fully saturated rings. The number of rotatable bonds is 7. The molecule has 2 aromatic rings. The summed E-state index contributed by atoms with van der Waals surface area (Å²) in [6, 6.07) is 7.26. The molecule has 2 atom stereocenters. The van der Waals surface area contributed by atoms with E-state index in [1.807, 2.05) is 20.8 Å². The molecule has 2 unspecified atom stereocenters. The first-order valence-electron chi connectivity index (χ1n) is 11.2. The van der Waals surface area contributed by atoms with Gasteiger partial charge >= 0.3 is 0 Å². The number of amides is 2. The minimum absolute atomic E-state index is 0.126. The maximum atomic E-state index is 13.0. The Bertz CT molecular complexity index is 1240. The first-order valence-corrected chi connectivity index (χ1v) is 11.9. The van der Waals surface area contributed by atoms with Crippen molar-refractivity contribution in [3.63, 3.8) is 0 Å². The fourth-order valence-corrected chi connectivity index (χ4v) is 5.57. The van der Waals surface area contributed by atoms with Crippen LogP contribution in [-0.4, -0.2) is 34.2 Å². The van der Waals surface area contributed by atoms with E-state index >= 15 is 0 Å². The summed E-state index contributed by atoms with van der Waals surface area (Å²) in [6.07, 6.45) is 1.81. The maximum absolute atomic E-state index is 13.0. The van der Waals surface area contributed by atoms with Crippen LogP contribution in [0, 0.1) is 31.1 Å². The predicted molar refractivity (Wildman–Crippen MR) is 136 cm³/mol. The number of benzene rings is 2. The Morgan fingerprint density at radius 3 is 1.92 bits per heavy atom. The maximum Gasteiger partial charge on any atom is 0.282 e. The van der Waals surface area contributed by atoms with E-state index in [-0.39, 0.29) is 50.5 Å². The van der Waals surface area contributed by atoms with E-state index in [2.05, 4.69) is 10.6 Å². The number of carbonyl (C=O) groups is 2. The predicted octanol–water partition coefficient (Wildman–Crippen LogP) is 5.55. The summed E-state index contributed by atoms with van der Waals surface area (Å²) in [5.74, 6) is -1.23. The van der Waals surface area contributed by atoms with E-state index in [1.165, 1.54) is 36.4 Å². The van der Waals surface area contributed by atoms with Gasteiger partial charge in [0.05, 0.1) is 9.85 Å². The molecule has 1 saturated carbocycles. The standard InChI is InChI=1S/C24H26Cl2N4O6/c1-23(2)10-16(28-22(32)18-9-15(26)5-7-20(18)30(35)36)11-24(3,12-23)13-27-21(31)17-8-14(25)4-6-19(17)29(33)34/h4-9,16H,10-13H2,1-3H3,(H,27,31)(H,28,32). The Morgan fingerprint density at radius 1 is 0.917 bits per heavy atom. The summed E-state index contributed by atoms with van der Waals surface area (Å²) in [5.41, 5.74) is -1.64. The van der Waals surface area contributed by atoms with Crippen LogP contribution < -0.4 is 10.6 Å². The molecule has 2 amide bonds. The highest BCUT2D eigenvalue weighted by atomic mass is 35.5. The van der Waals surface area contributed by atoms with Gasteiger partial charge in [0.2, 0.25) is 0 Å². The van der Waals surface area contributed by atoms with Crippen molar-refractivity contribution in [2.24, 2.45) is 10.8 Å². The molecule has 10 nitrogen and oxygen atoms in total. The molecular formula is C24H26Cl2N4O6. The van der Waals surface area contributed by atoms with Gasteiger partial charge in [0.15, 0.2) is 0 Å². The first-order chi connectivity index (χ1) is 16.7. The van der Waals surface area contributed by atoms with Crippen molar-refractivity contribution < 1.29 is 19.4 Å². The Hall–Kier alpha value is -3.24. The van der Waals surface area contributed by atoms with Gasteiger partial charge in [-0.2, -0.15) is 0 Å². The van der Waals surface area contributed by atoms with Crippen molar-refractivity contribution in [1.29, 1.82) is 0 Å². The Labute approximate surface area is 217 Å². The quantitative estimate of drug-likeness (QED) is 0.350. The number of nitrogens with zero attached hydrogens (tertiary/aromatic N) is 2. The van der Waals surface area contributed by atoms with Gasteiger partial charge in [-0.15, -0.1) is 0 Å². The molecule has 2 N–H and O–H groups in total. The first kappa shape index (κ1) is 27.3. The van der Waals surface area contributed by atoms with Crippen molar-refractivity contribution in [3.8, 4) is 0 Å². The number of halogens is 2. The summed E-state index contributed by atoms with van der Waals surface area (Å²) in [6.45, 7) is 6.23. The topological polar surface area (TPSA) is 144 Å². The van der Waals surface area contributed by atoms with E-state index in [0.717, 1.165) is 0 Å². The van der Waals surface area contributed by atoms with Crippen molar-refractivity contribution in [3.05, 3.63) is 77.8 Å². The molecule has 2 aromatic carbocycles. The van der Waals surface area contributed by atoms with Crippen LogP contribution in [0.5, 0.6) is 0 Å². The molecule has 0 heterocycles. The number of hydrogen-bond acceptors (Lipinski definition) is 6. The van der Waals surface area contributed by atoms with E-state index in [0.29, 0.717) is 19.3 Å². The molecule has 0 aliphatic heterocycles. The van der Waals surface area contributed by atoms with E-state index < -0.39 is 27.1 Å². The molecule has 12 heteroatoms. The fourth-order valence-electron chi connectivity index (χ4n) is 5.22. The third-order valence-electron chi connectivity index (χ3n) is 6.25. The van der Waals surface area contributed by atoms with Crippen molar-refractivity contribution >= 4 is 46.4 Å². The van der Waals surface area contributed by atoms with Gasteiger partial charge in [0.25, 0.3) is 23.2 Å². The molecule has 192 valence electrons. The lowest BCUT2D eigenvalue weighted by Gasteiger charge is -2.47. The second-order valence-corrected chi connectivity index (χ2v) is 11.1. The molecule has 1 aliphatic carbocycles. The second-order valence-electron chi connectivity index (χ2n) is 10.3. The highest BCUT2D eigenvalue weighted by molar-refractivity contribution is 6.31. The van der Waals surface area contributed by atoms with Crippen LogP contribution in [0.2, 0.25) is 10.0 Å². The Kier molecular flexibility index (Phi) is 7.90. The zero-order chi connectivity index (χ0) is 26.8.